The highest BCUT2D eigenvalue weighted by Crippen LogP contribution is 2.16. The third-order valence-corrected chi connectivity index (χ3v) is 2.18. The second-order valence-electron chi connectivity index (χ2n) is 4.06. The van der Waals surface area contributed by atoms with Crippen LogP contribution in [-0.4, -0.2) is 36.7 Å². The number of hydrogen-bond donors (Lipinski definition) is 3. The molecule has 23 heavy (non-hydrogen) atoms. The van der Waals surface area contributed by atoms with E-state index in [4.69, 9.17) is 0 Å². The average molecular weight is 342 g/mol. The Bertz CT molecular complexity index is 524. The van der Waals surface area contributed by atoms with E-state index in [9.17, 15) is 19.2 Å². The van der Waals surface area contributed by atoms with Crippen molar-refractivity contribution in [2.75, 3.05) is 19.0 Å². The lowest BCUT2D eigenvalue weighted by Gasteiger charge is -2.03. The number of ether oxygens (including phenoxy) is 2. The predicted octanol–water partition coefficient (Wildman–Crippen LogP) is 1.37. The van der Waals surface area contributed by atoms with Gasteiger partial charge in [-0.1, -0.05) is 12.6 Å². The smallest absolute Gasteiger partial charge is 0.369 e. The molecule has 9 heteroatoms. The van der Waals surface area contributed by atoms with Gasteiger partial charge >= 0.3 is 11.3 Å². The number of carbonyl (C=O) groups is 4. The summed E-state index contributed by atoms with van der Waals surface area (Å²) in [5, 5.41) is 4.20. The zero-order valence-corrected chi connectivity index (χ0v) is 13.8. The van der Waals surface area contributed by atoms with Gasteiger partial charge in [0.2, 0.25) is 11.8 Å². The molecule has 1 aromatic carbocycles. The second kappa shape index (κ2) is 11.1. The van der Waals surface area contributed by atoms with Gasteiger partial charge in [0.25, 0.3) is 0 Å². The minimum atomic E-state index is -0.669. The van der Waals surface area contributed by atoms with Gasteiger partial charge in [-0.3, -0.25) is 14.4 Å². The summed E-state index contributed by atoms with van der Waals surface area (Å²) in [5.41, 5.74) is 0.650. The molecule has 2 N–H and O–H groups in total. The van der Waals surface area contributed by atoms with E-state index < -0.39 is 11.3 Å². The summed E-state index contributed by atoms with van der Waals surface area (Å²) in [7, 11) is 1.27. The monoisotopic (exact) mass is 342 g/mol. The van der Waals surface area contributed by atoms with Crippen molar-refractivity contribution in [1.29, 1.82) is 0 Å². The quantitative estimate of drug-likeness (QED) is 0.563. The molecule has 0 aromatic heterocycles. The Balaban J connectivity index is 0.000000468. The van der Waals surface area contributed by atoms with Crippen LogP contribution in [0.4, 0.5) is 10.5 Å². The summed E-state index contributed by atoms with van der Waals surface area (Å²) in [6, 6.07) is 6.40. The fourth-order valence-corrected chi connectivity index (χ4v) is 1.28. The molecule has 0 heterocycles. The molecule has 1 rings (SSSR count). The van der Waals surface area contributed by atoms with Gasteiger partial charge in [0, 0.05) is 19.5 Å². The molecular formula is C14H18N2O6S. The highest BCUT2D eigenvalue weighted by Gasteiger charge is 1.99. The first kappa shape index (κ1) is 20.5. The van der Waals surface area contributed by atoms with Crippen molar-refractivity contribution in [2.45, 2.75) is 13.8 Å². The van der Waals surface area contributed by atoms with E-state index >= 15 is 0 Å². The van der Waals surface area contributed by atoms with Gasteiger partial charge in [-0.2, -0.15) is 0 Å². The molecule has 0 saturated heterocycles. The van der Waals surface area contributed by atoms with Crippen LogP contribution in [0, 0.1) is 0 Å². The van der Waals surface area contributed by atoms with Crippen LogP contribution < -0.4 is 15.4 Å². The average Bonchev–Trinajstić information content (AvgIpc) is 2.46. The number of carbonyl (C=O) groups excluding carboxylic acids is 4. The van der Waals surface area contributed by atoms with E-state index in [2.05, 4.69) is 32.7 Å². The molecule has 0 radical (unpaired) electrons. The summed E-state index contributed by atoms with van der Waals surface area (Å²) in [6.45, 7) is 2.70. The molecule has 0 bridgehead atoms. The highest BCUT2D eigenvalue weighted by atomic mass is 32.1. The topological polar surface area (TPSA) is 111 Å². The minimum absolute atomic E-state index is 0.0498. The molecule has 126 valence electrons. The molecule has 1 aromatic rings. The predicted molar refractivity (Wildman–Crippen MR) is 86.5 cm³/mol. The molecule has 0 saturated carbocycles. The fourth-order valence-electron chi connectivity index (χ4n) is 1.18. The molecule has 0 aliphatic rings. The lowest BCUT2D eigenvalue weighted by Crippen LogP contribution is -2.27. The zero-order valence-electron chi connectivity index (χ0n) is 12.9. The van der Waals surface area contributed by atoms with E-state index in [0.29, 0.717) is 11.4 Å². The van der Waals surface area contributed by atoms with Crippen LogP contribution in [0.5, 0.6) is 5.75 Å². The van der Waals surface area contributed by atoms with Gasteiger partial charge in [-0.25, -0.2) is 4.79 Å². The molecule has 0 aliphatic carbocycles. The number of amides is 2. The molecular weight excluding hydrogens is 324 g/mol. The van der Waals surface area contributed by atoms with Gasteiger partial charge in [0.15, 0.2) is 0 Å². The van der Waals surface area contributed by atoms with E-state index in [1.807, 2.05) is 0 Å². The van der Waals surface area contributed by atoms with Crippen molar-refractivity contribution < 1.29 is 28.7 Å². The number of thiol groups is 1. The normalized spacial score (nSPS) is 8.87. The molecule has 0 fully saturated rings. The molecule has 8 nitrogen and oxygen atoms in total. The van der Waals surface area contributed by atoms with E-state index in [0.717, 1.165) is 0 Å². The first-order chi connectivity index (χ1) is 10.7. The second-order valence-corrected chi connectivity index (χ2v) is 4.42. The number of methoxy groups -OCH3 is 1. The Kier molecular flexibility index (Phi) is 9.85. The summed E-state index contributed by atoms with van der Waals surface area (Å²) >= 11 is 3.46. The van der Waals surface area contributed by atoms with Gasteiger partial charge in [0.05, 0.1) is 7.11 Å². The maximum atomic E-state index is 10.7. The summed E-state index contributed by atoms with van der Waals surface area (Å²) in [6.07, 6.45) is 0. The maximum absolute atomic E-state index is 10.7. The number of rotatable bonds is 4. The first-order valence-corrected chi connectivity index (χ1v) is 6.79. The number of anilines is 1. The first-order valence-electron chi connectivity index (χ1n) is 6.34. The zero-order chi connectivity index (χ0) is 17.8. The van der Waals surface area contributed by atoms with Gasteiger partial charge in [0.1, 0.15) is 12.3 Å². The Morgan fingerprint density at radius 3 is 2.00 bits per heavy atom. The van der Waals surface area contributed by atoms with Gasteiger partial charge in [-0.15, -0.1) is 0 Å². The van der Waals surface area contributed by atoms with Crippen molar-refractivity contribution in [1.82, 2.24) is 5.32 Å². The largest absolute Gasteiger partial charge is 0.468 e. The standard InChI is InChI=1S/C9H9NO3S.C5H9NO3/c1-6(11)10-7-2-4-8(5-3-7)13-9(12)14;1-4(7)6-3-5(8)9-2/h2-5H,1H3,(H,10,11)(H,12,14);3H2,1-2H3,(H,6,7). The van der Waals surface area contributed by atoms with Crippen LogP contribution in [0.15, 0.2) is 24.3 Å². The van der Waals surface area contributed by atoms with E-state index in [-0.39, 0.29) is 18.4 Å². The third kappa shape index (κ3) is 11.8. The molecule has 0 aliphatic heterocycles. The number of nitrogens with one attached hydrogen (secondary N) is 2. The summed E-state index contributed by atoms with van der Waals surface area (Å²) in [4.78, 5) is 41.5. The molecule has 0 atom stereocenters. The fraction of sp³-hybridized carbons (Fsp3) is 0.286. The van der Waals surface area contributed by atoms with Crippen LogP contribution in [0.25, 0.3) is 0 Å². The Morgan fingerprint density at radius 2 is 1.61 bits per heavy atom. The molecule has 0 spiro atoms. The number of benzene rings is 1. The van der Waals surface area contributed by atoms with Gasteiger partial charge < -0.3 is 20.1 Å². The van der Waals surface area contributed by atoms with Gasteiger partial charge in [-0.05, 0) is 24.3 Å². The minimum Gasteiger partial charge on any atom is -0.468 e. The number of hydrogen-bond acceptors (Lipinski definition) is 6. The lowest BCUT2D eigenvalue weighted by molar-refractivity contribution is -0.140. The lowest BCUT2D eigenvalue weighted by atomic mass is 10.3. The Labute approximate surface area is 138 Å². The van der Waals surface area contributed by atoms with Crippen LogP contribution in [0.3, 0.4) is 0 Å². The number of esters is 1. The van der Waals surface area contributed by atoms with Crippen LogP contribution in [-0.2, 0) is 19.1 Å². The van der Waals surface area contributed by atoms with Crippen molar-refractivity contribution in [3.8, 4) is 5.75 Å². The Morgan fingerprint density at radius 1 is 1.04 bits per heavy atom. The van der Waals surface area contributed by atoms with Crippen LogP contribution in [0.1, 0.15) is 13.8 Å². The highest BCUT2D eigenvalue weighted by molar-refractivity contribution is 7.96. The van der Waals surface area contributed by atoms with E-state index in [1.54, 1.807) is 24.3 Å². The van der Waals surface area contributed by atoms with Crippen molar-refractivity contribution in [3.63, 3.8) is 0 Å². The van der Waals surface area contributed by atoms with Crippen molar-refractivity contribution in [2.24, 2.45) is 0 Å². The third-order valence-electron chi connectivity index (χ3n) is 2.09. The molecule has 0 unspecified atom stereocenters. The maximum Gasteiger partial charge on any atom is 0.369 e. The summed E-state index contributed by atoms with van der Waals surface area (Å²) < 4.78 is 8.93. The van der Waals surface area contributed by atoms with Crippen LogP contribution in [0.2, 0.25) is 0 Å². The van der Waals surface area contributed by atoms with Crippen LogP contribution >= 0.6 is 12.6 Å². The molecule has 2 amide bonds. The van der Waals surface area contributed by atoms with Crippen molar-refractivity contribution >= 4 is 41.4 Å². The summed E-state index contributed by atoms with van der Waals surface area (Å²) in [5.74, 6) is -0.436. The van der Waals surface area contributed by atoms with Crippen molar-refractivity contribution in [3.05, 3.63) is 24.3 Å². The van der Waals surface area contributed by atoms with E-state index in [1.165, 1.54) is 21.0 Å². The Hall–Kier alpha value is -2.55. The SMILES string of the molecule is CC(=O)Nc1ccc(OC(=O)S)cc1.COC(=O)CNC(C)=O.